The number of unbranched alkanes of at least 4 members (excludes halogenated alkanes) is 2. The number of fused-ring (bicyclic) bond motifs is 1. The molecule has 4 heterocycles. The molecule has 2 aromatic carbocycles. The van der Waals surface area contributed by atoms with E-state index in [1.807, 2.05) is 0 Å². The minimum absolute atomic E-state index is 0.0698. The molecule has 1 unspecified atom stereocenters. The molecule has 1 aromatic heterocycles. The van der Waals surface area contributed by atoms with E-state index in [1.165, 1.54) is 0 Å². The Morgan fingerprint density at radius 3 is 2.29 bits per heavy atom. The Labute approximate surface area is 342 Å². The molecule has 7 rings (SSSR count). The Morgan fingerprint density at radius 1 is 0.931 bits per heavy atom. The number of aromatic nitrogens is 2. The van der Waals surface area contributed by atoms with Gasteiger partial charge in [0.1, 0.15) is 29.7 Å². The molecule has 2 saturated heterocycles. The van der Waals surface area contributed by atoms with Crippen LogP contribution in [0.3, 0.4) is 0 Å². The molecule has 5 amide bonds. The summed E-state index contributed by atoms with van der Waals surface area (Å²) in [7, 11) is 0. The predicted octanol–water partition coefficient (Wildman–Crippen LogP) is 4.39. The van der Waals surface area contributed by atoms with Crippen LogP contribution in [0, 0.1) is 22.2 Å². The van der Waals surface area contributed by atoms with Crippen LogP contribution in [0.5, 0.6) is 11.5 Å². The van der Waals surface area contributed by atoms with E-state index in [0.717, 1.165) is 56.9 Å². The molecule has 15 nitrogen and oxygen atoms in total. The molecule has 16 heteroatoms. The lowest BCUT2D eigenvalue weighted by Crippen LogP contribution is -2.74. The fraction of sp³-hybridized carbons (Fsp3) is 0.476. The third-order valence-corrected chi connectivity index (χ3v) is 12.1. The first-order valence-electron chi connectivity index (χ1n) is 19.6. The number of piperidine rings is 1. The molecule has 58 heavy (non-hydrogen) atoms. The van der Waals surface area contributed by atoms with Crippen molar-refractivity contribution < 1.29 is 33.4 Å². The van der Waals surface area contributed by atoms with E-state index >= 15 is 0 Å². The molecule has 1 atom stereocenters. The second-order valence-corrected chi connectivity index (χ2v) is 16.9. The summed E-state index contributed by atoms with van der Waals surface area (Å²) < 4.78 is 12.2. The maximum atomic E-state index is 13.4. The van der Waals surface area contributed by atoms with Crippen LogP contribution >= 0.6 is 11.6 Å². The van der Waals surface area contributed by atoms with Crippen LogP contribution in [0.2, 0.25) is 5.02 Å². The summed E-state index contributed by atoms with van der Waals surface area (Å²) in [4.78, 5) is 77.8. The predicted molar refractivity (Wildman–Crippen MR) is 213 cm³/mol. The Kier molecular flexibility index (Phi) is 11.4. The zero-order valence-electron chi connectivity index (χ0n) is 33.0. The van der Waals surface area contributed by atoms with Crippen molar-refractivity contribution >= 4 is 47.1 Å². The van der Waals surface area contributed by atoms with Crippen LogP contribution in [0.1, 0.15) is 96.4 Å². The number of hydrogen-bond acceptors (Lipinski definition) is 12. The number of ether oxygens (including phenoxy) is 2. The second kappa shape index (κ2) is 16.3. The fourth-order valence-corrected chi connectivity index (χ4v) is 9.14. The van der Waals surface area contributed by atoms with Gasteiger partial charge in [0.25, 0.3) is 17.7 Å². The van der Waals surface area contributed by atoms with E-state index in [9.17, 15) is 29.2 Å². The first-order valence-corrected chi connectivity index (χ1v) is 20.0. The van der Waals surface area contributed by atoms with Gasteiger partial charge in [-0.2, -0.15) is 5.26 Å². The zero-order chi connectivity index (χ0) is 41.4. The number of nitriles is 1. The Morgan fingerprint density at radius 2 is 1.62 bits per heavy atom. The first kappa shape index (κ1) is 40.6. The molecule has 4 aliphatic rings. The first-order chi connectivity index (χ1) is 27.7. The summed E-state index contributed by atoms with van der Waals surface area (Å²) in [6.07, 6.45) is 5.88. The number of nitrogens with zero attached hydrogens (tertiary/aromatic N) is 6. The van der Waals surface area contributed by atoms with Gasteiger partial charge in [0.2, 0.25) is 17.8 Å². The van der Waals surface area contributed by atoms with Crippen molar-refractivity contribution in [2.45, 2.75) is 78.0 Å². The lowest BCUT2D eigenvalue weighted by Gasteiger charge is -2.63. The summed E-state index contributed by atoms with van der Waals surface area (Å²) >= 11 is 6.23. The van der Waals surface area contributed by atoms with Crippen molar-refractivity contribution in [3.63, 3.8) is 0 Å². The van der Waals surface area contributed by atoms with E-state index in [0.29, 0.717) is 40.2 Å². The number of halogens is 1. The number of hydrogen-bond donors (Lipinski definition) is 2. The lowest BCUT2D eigenvalue weighted by molar-refractivity contribution is -0.164. The number of anilines is 1. The topological polar surface area (TPSA) is 187 Å². The quantitative estimate of drug-likeness (QED) is 0.184. The fourth-order valence-electron chi connectivity index (χ4n) is 8.93. The normalized spacial score (nSPS) is 22.4. The lowest BCUT2D eigenvalue weighted by atomic mass is 9.49. The van der Waals surface area contributed by atoms with E-state index in [-0.39, 0.29) is 42.0 Å². The van der Waals surface area contributed by atoms with Crippen LogP contribution in [-0.2, 0) is 9.59 Å². The molecule has 3 aliphatic heterocycles. The third kappa shape index (κ3) is 7.95. The summed E-state index contributed by atoms with van der Waals surface area (Å²) in [5, 5.41) is 14.9. The standard InChI is InChI=1S/C42H47ClN8O7/c1-41(2)38(42(3,4)39(41)58-28-9-8-25(22-44)31(43)21-28)48-34(53)26-23-45-40(46-24-26)50-17-15-49(16-18-50)14-6-5-7-19-57-27-10-11-29-30(20-27)37(56)51(36(29)55)32-12-13-33(52)47-35(32)54/h8-11,20-21,23-24,32,38-39H,5-7,12-19H2,1-4H3,(H,48,53)(H,47,52,54)/t32?,38-,39-. The van der Waals surface area contributed by atoms with Crippen LogP contribution in [-0.4, -0.2) is 107 Å². The third-order valence-electron chi connectivity index (χ3n) is 11.8. The summed E-state index contributed by atoms with van der Waals surface area (Å²) in [6, 6.07) is 10.7. The summed E-state index contributed by atoms with van der Waals surface area (Å²) in [5.41, 5.74) is 0.407. The van der Waals surface area contributed by atoms with Crippen molar-refractivity contribution in [2.24, 2.45) is 10.8 Å². The number of rotatable bonds is 13. The molecule has 2 N–H and O–H groups in total. The molecule has 1 saturated carbocycles. The van der Waals surface area contributed by atoms with Crippen molar-refractivity contribution in [3.8, 4) is 17.6 Å². The average Bonchev–Trinajstić information content (AvgIpc) is 3.45. The second-order valence-electron chi connectivity index (χ2n) is 16.5. The van der Waals surface area contributed by atoms with Crippen LogP contribution in [0.15, 0.2) is 48.8 Å². The van der Waals surface area contributed by atoms with Crippen LogP contribution in [0.4, 0.5) is 5.95 Å². The van der Waals surface area contributed by atoms with Gasteiger partial charge < -0.3 is 19.7 Å². The van der Waals surface area contributed by atoms with E-state index < -0.39 is 40.5 Å². The Bertz CT molecular complexity index is 2150. The minimum atomic E-state index is -1.00. The largest absolute Gasteiger partial charge is 0.494 e. The van der Waals surface area contributed by atoms with Gasteiger partial charge in [-0.3, -0.25) is 39.1 Å². The van der Waals surface area contributed by atoms with E-state index in [4.69, 9.17) is 21.1 Å². The van der Waals surface area contributed by atoms with Crippen molar-refractivity contribution in [1.29, 1.82) is 5.26 Å². The zero-order valence-corrected chi connectivity index (χ0v) is 33.8. The number of imide groups is 2. The highest BCUT2D eigenvalue weighted by Gasteiger charge is 2.64. The monoisotopic (exact) mass is 810 g/mol. The maximum absolute atomic E-state index is 13.4. The van der Waals surface area contributed by atoms with Gasteiger partial charge in [0.05, 0.1) is 33.9 Å². The molecule has 0 radical (unpaired) electrons. The molecule has 1 aliphatic carbocycles. The molecule has 3 fully saturated rings. The van der Waals surface area contributed by atoms with E-state index in [1.54, 1.807) is 48.8 Å². The Balaban J connectivity index is 0.807. The SMILES string of the molecule is CC1(C)[C@H](NC(=O)c2cnc(N3CCN(CCCCCOc4ccc5c(c4)C(=O)N(C4CCC(=O)NC4=O)C5=O)CC3)nc2)C(C)(C)[C@H]1Oc1ccc(C#N)c(Cl)c1. The van der Waals surface area contributed by atoms with Gasteiger partial charge in [0, 0.05) is 67.9 Å². The average molecular weight is 811 g/mol. The van der Waals surface area contributed by atoms with Gasteiger partial charge in [-0.1, -0.05) is 39.3 Å². The highest BCUT2D eigenvalue weighted by atomic mass is 35.5. The molecule has 304 valence electrons. The van der Waals surface area contributed by atoms with Gasteiger partial charge >= 0.3 is 0 Å². The van der Waals surface area contributed by atoms with Gasteiger partial charge in [-0.05, 0) is 62.6 Å². The van der Waals surface area contributed by atoms with Crippen molar-refractivity contribution in [1.82, 2.24) is 30.4 Å². The number of piperazine rings is 1. The maximum Gasteiger partial charge on any atom is 0.262 e. The number of carbonyl (C=O) groups is 5. The van der Waals surface area contributed by atoms with Crippen molar-refractivity contribution in [2.75, 3.05) is 44.2 Å². The highest BCUT2D eigenvalue weighted by Crippen LogP contribution is 2.55. The van der Waals surface area contributed by atoms with E-state index in [2.05, 4.69) is 64.2 Å². The highest BCUT2D eigenvalue weighted by molar-refractivity contribution is 6.31. The van der Waals surface area contributed by atoms with Gasteiger partial charge in [-0.15, -0.1) is 0 Å². The molecular formula is C42H47ClN8O7. The van der Waals surface area contributed by atoms with Crippen LogP contribution < -0.4 is 25.0 Å². The molecule has 0 spiro atoms. The molecular weight excluding hydrogens is 764 g/mol. The van der Waals surface area contributed by atoms with Gasteiger partial charge in [0.15, 0.2) is 0 Å². The summed E-state index contributed by atoms with van der Waals surface area (Å²) in [6.45, 7) is 12.9. The van der Waals surface area contributed by atoms with Gasteiger partial charge in [-0.25, -0.2) is 9.97 Å². The molecule has 0 bridgehead atoms. The smallest absolute Gasteiger partial charge is 0.262 e. The number of carbonyl (C=O) groups excluding carboxylic acids is 5. The minimum Gasteiger partial charge on any atom is -0.494 e. The number of benzene rings is 2. The van der Waals surface area contributed by atoms with Crippen LogP contribution in [0.25, 0.3) is 0 Å². The summed E-state index contributed by atoms with van der Waals surface area (Å²) in [5.74, 6) is -0.745. The number of nitrogens with one attached hydrogen (secondary N) is 2. The van der Waals surface area contributed by atoms with Crippen molar-refractivity contribution in [3.05, 3.63) is 76.1 Å². The number of amides is 5. The Hall–Kier alpha value is -5.59. The molecule has 3 aromatic rings.